The highest BCUT2D eigenvalue weighted by Crippen LogP contribution is 2.34. The van der Waals surface area contributed by atoms with Gasteiger partial charge in [-0.1, -0.05) is 31.5 Å². The molecule has 0 radical (unpaired) electrons. The van der Waals surface area contributed by atoms with Crippen LogP contribution in [0.15, 0.2) is 35.7 Å². The van der Waals surface area contributed by atoms with Gasteiger partial charge < -0.3 is 14.5 Å². The zero-order chi connectivity index (χ0) is 21.0. The van der Waals surface area contributed by atoms with Crippen molar-refractivity contribution in [2.75, 3.05) is 26.2 Å². The van der Waals surface area contributed by atoms with Gasteiger partial charge in [-0.2, -0.15) is 0 Å². The van der Waals surface area contributed by atoms with Crippen molar-refractivity contribution >= 4 is 23.2 Å². The maximum absolute atomic E-state index is 13.2. The molecule has 1 aromatic carbocycles. The summed E-state index contributed by atoms with van der Waals surface area (Å²) < 4.78 is 6.05. The van der Waals surface area contributed by atoms with Gasteiger partial charge in [-0.3, -0.25) is 9.59 Å². The number of amides is 2. The first-order chi connectivity index (χ1) is 13.8. The van der Waals surface area contributed by atoms with Crippen LogP contribution in [0.1, 0.15) is 42.8 Å². The Balaban J connectivity index is 1.75. The lowest BCUT2D eigenvalue weighted by atomic mass is 10.0. The molecular formula is C23H30N2O3S. The number of nitrogens with zero attached hydrogens (tertiary/aromatic N) is 2. The summed E-state index contributed by atoms with van der Waals surface area (Å²) >= 11 is 1.74. The van der Waals surface area contributed by atoms with Crippen LogP contribution in [0.5, 0.6) is 5.75 Å². The lowest BCUT2D eigenvalue weighted by Crippen LogP contribution is -2.48. The number of ether oxygens (including phenoxy) is 1. The van der Waals surface area contributed by atoms with Crippen molar-refractivity contribution in [3.63, 3.8) is 0 Å². The Kier molecular flexibility index (Phi) is 6.96. The van der Waals surface area contributed by atoms with Gasteiger partial charge in [-0.05, 0) is 48.4 Å². The first-order valence-electron chi connectivity index (χ1n) is 10.2. The van der Waals surface area contributed by atoms with E-state index in [2.05, 4.69) is 25.3 Å². The van der Waals surface area contributed by atoms with Crippen molar-refractivity contribution in [1.29, 1.82) is 0 Å². The van der Waals surface area contributed by atoms with E-state index >= 15 is 0 Å². The van der Waals surface area contributed by atoms with Gasteiger partial charge in [0.05, 0.1) is 12.6 Å². The molecule has 2 aromatic rings. The molecule has 0 fully saturated rings. The van der Waals surface area contributed by atoms with E-state index in [9.17, 15) is 9.59 Å². The van der Waals surface area contributed by atoms with Crippen molar-refractivity contribution < 1.29 is 14.3 Å². The molecule has 1 aliphatic heterocycles. The second-order valence-electron chi connectivity index (χ2n) is 8.07. The number of rotatable bonds is 7. The minimum Gasteiger partial charge on any atom is -0.491 e. The summed E-state index contributed by atoms with van der Waals surface area (Å²) in [5.41, 5.74) is 2.35. The van der Waals surface area contributed by atoms with E-state index in [0.717, 1.165) is 12.2 Å². The summed E-state index contributed by atoms with van der Waals surface area (Å²) in [6.07, 6.45) is 0.851. The summed E-state index contributed by atoms with van der Waals surface area (Å²) in [5.74, 6) is 1.04. The highest BCUT2D eigenvalue weighted by Gasteiger charge is 2.33. The van der Waals surface area contributed by atoms with E-state index in [4.69, 9.17) is 4.74 Å². The second-order valence-corrected chi connectivity index (χ2v) is 9.07. The molecule has 156 valence electrons. The van der Waals surface area contributed by atoms with Crippen LogP contribution in [0.25, 0.3) is 0 Å². The number of hydrogen-bond acceptors (Lipinski definition) is 4. The monoisotopic (exact) mass is 414 g/mol. The average molecular weight is 415 g/mol. The molecule has 0 aliphatic carbocycles. The summed E-state index contributed by atoms with van der Waals surface area (Å²) in [4.78, 5) is 30.0. The number of fused-ring (bicyclic) bond motifs is 1. The predicted molar refractivity (Wildman–Crippen MR) is 116 cm³/mol. The van der Waals surface area contributed by atoms with Crippen molar-refractivity contribution in [1.82, 2.24) is 9.80 Å². The Labute approximate surface area is 177 Å². The standard InChI is InChI=1S/C23H30N2O3S/c1-16(2)13-24(18(4)26)14-23(27)25-11-9-22-20(10-12-29-22)21(25)15-28-19-7-5-17(3)6-8-19/h5-8,10,12,16,21H,9,11,13-15H2,1-4H3/t21-/m0/s1. The van der Waals surface area contributed by atoms with Gasteiger partial charge in [-0.15, -0.1) is 11.3 Å². The van der Waals surface area contributed by atoms with Crippen LogP contribution >= 0.6 is 11.3 Å². The Bertz CT molecular complexity index is 844. The van der Waals surface area contributed by atoms with Crippen LogP contribution in [0, 0.1) is 12.8 Å². The summed E-state index contributed by atoms with van der Waals surface area (Å²) in [7, 11) is 0. The van der Waals surface area contributed by atoms with E-state index in [1.165, 1.54) is 22.9 Å². The molecular weight excluding hydrogens is 384 g/mol. The molecule has 6 heteroatoms. The molecule has 1 aromatic heterocycles. The molecule has 0 spiro atoms. The van der Waals surface area contributed by atoms with Crippen LogP contribution in [0.2, 0.25) is 0 Å². The molecule has 1 atom stereocenters. The Morgan fingerprint density at radius 3 is 2.62 bits per heavy atom. The van der Waals surface area contributed by atoms with Crippen LogP contribution in [-0.4, -0.2) is 47.9 Å². The van der Waals surface area contributed by atoms with Gasteiger partial charge in [0, 0.05) is 24.9 Å². The summed E-state index contributed by atoms with van der Waals surface area (Å²) in [6, 6.07) is 9.92. The molecule has 2 amide bonds. The average Bonchev–Trinajstić information content (AvgIpc) is 3.15. The van der Waals surface area contributed by atoms with Crippen LogP contribution in [0.4, 0.5) is 0 Å². The van der Waals surface area contributed by atoms with Gasteiger partial charge in [0.15, 0.2) is 0 Å². The number of carbonyl (C=O) groups is 2. The lowest BCUT2D eigenvalue weighted by Gasteiger charge is -2.37. The van der Waals surface area contributed by atoms with Gasteiger partial charge in [0.2, 0.25) is 11.8 Å². The molecule has 0 unspecified atom stereocenters. The first-order valence-corrected chi connectivity index (χ1v) is 11.0. The van der Waals surface area contributed by atoms with E-state index in [1.807, 2.05) is 36.1 Å². The fraction of sp³-hybridized carbons (Fsp3) is 0.478. The van der Waals surface area contributed by atoms with E-state index in [0.29, 0.717) is 25.6 Å². The molecule has 3 rings (SSSR count). The maximum Gasteiger partial charge on any atom is 0.242 e. The fourth-order valence-corrected chi connectivity index (χ4v) is 4.61. The largest absolute Gasteiger partial charge is 0.491 e. The number of hydrogen-bond donors (Lipinski definition) is 0. The Hall–Kier alpha value is -2.34. The smallest absolute Gasteiger partial charge is 0.242 e. The van der Waals surface area contributed by atoms with Gasteiger partial charge in [-0.25, -0.2) is 0 Å². The van der Waals surface area contributed by atoms with Crippen molar-refractivity contribution in [3.05, 3.63) is 51.7 Å². The van der Waals surface area contributed by atoms with E-state index in [1.54, 1.807) is 16.2 Å². The van der Waals surface area contributed by atoms with Crippen LogP contribution in [-0.2, 0) is 16.0 Å². The minimum atomic E-state index is -0.133. The van der Waals surface area contributed by atoms with Crippen LogP contribution in [0.3, 0.4) is 0 Å². The summed E-state index contributed by atoms with van der Waals surface area (Å²) in [5, 5.41) is 2.08. The zero-order valence-electron chi connectivity index (χ0n) is 17.7. The molecule has 0 N–H and O–H groups in total. The normalized spacial score (nSPS) is 15.9. The second kappa shape index (κ2) is 9.44. The first kappa shape index (κ1) is 21.4. The highest BCUT2D eigenvalue weighted by atomic mass is 32.1. The van der Waals surface area contributed by atoms with Gasteiger partial charge >= 0.3 is 0 Å². The third kappa shape index (κ3) is 5.38. The number of thiophene rings is 1. The van der Waals surface area contributed by atoms with E-state index in [-0.39, 0.29) is 24.4 Å². The molecule has 5 nitrogen and oxygen atoms in total. The van der Waals surface area contributed by atoms with E-state index < -0.39 is 0 Å². The molecule has 29 heavy (non-hydrogen) atoms. The topological polar surface area (TPSA) is 49.9 Å². The quantitative estimate of drug-likeness (QED) is 0.686. The number of benzene rings is 1. The predicted octanol–water partition coefficient (Wildman–Crippen LogP) is 4.07. The van der Waals surface area contributed by atoms with Crippen molar-refractivity contribution in [2.24, 2.45) is 5.92 Å². The molecule has 1 aliphatic rings. The lowest BCUT2D eigenvalue weighted by molar-refractivity contribution is -0.142. The molecule has 0 saturated carbocycles. The highest BCUT2D eigenvalue weighted by molar-refractivity contribution is 7.10. The number of carbonyl (C=O) groups excluding carboxylic acids is 2. The molecule has 2 heterocycles. The van der Waals surface area contributed by atoms with Crippen molar-refractivity contribution in [3.8, 4) is 5.75 Å². The summed E-state index contributed by atoms with van der Waals surface area (Å²) in [6.45, 7) is 9.44. The Morgan fingerprint density at radius 2 is 1.97 bits per heavy atom. The SMILES string of the molecule is CC(=O)N(CC(=O)N1CCc2sccc2[C@@H]1COc1ccc(C)cc1)CC(C)C. The molecule has 0 saturated heterocycles. The van der Waals surface area contributed by atoms with Gasteiger partial charge in [0.1, 0.15) is 12.4 Å². The third-order valence-corrected chi connectivity index (χ3v) is 6.20. The van der Waals surface area contributed by atoms with Crippen molar-refractivity contribution in [2.45, 2.75) is 40.2 Å². The maximum atomic E-state index is 13.2. The fourth-order valence-electron chi connectivity index (χ4n) is 3.68. The Morgan fingerprint density at radius 1 is 1.24 bits per heavy atom. The zero-order valence-corrected chi connectivity index (χ0v) is 18.5. The third-order valence-electron chi connectivity index (χ3n) is 5.20. The van der Waals surface area contributed by atoms with Gasteiger partial charge in [0.25, 0.3) is 0 Å². The van der Waals surface area contributed by atoms with Crippen LogP contribution < -0.4 is 4.74 Å². The minimum absolute atomic E-state index is 0.0183. The molecule has 0 bridgehead atoms. The number of aryl methyl sites for hydroxylation is 1.